The van der Waals surface area contributed by atoms with Crippen molar-refractivity contribution >= 4 is 28.5 Å². The van der Waals surface area contributed by atoms with E-state index in [1.54, 1.807) is 18.3 Å². The third-order valence-corrected chi connectivity index (χ3v) is 5.84. The fourth-order valence-electron chi connectivity index (χ4n) is 2.37. The monoisotopic (exact) mass is 384 g/mol. The second-order valence-electron chi connectivity index (χ2n) is 5.54. The molecule has 1 unspecified atom stereocenters. The number of hydrogen-bond acceptors (Lipinski definition) is 7. The van der Waals surface area contributed by atoms with Gasteiger partial charge in [-0.1, -0.05) is 5.16 Å². The lowest BCUT2D eigenvalue weighted by atomic mass is 10.2. The molecular formula is C17H24N2O4S2. The summed E-state index contributed by atoms with van der Waals surface area (Å²) in [5.74, 6) is 1.46. The molecule has 0 fully saturated rings. The van der Waals surface area contributed by atoms with Crippen molar-refractivity contribution in [2.45, 2.75) is 39.7 Å². The van der Waals surface area contributed by atoms with Crippen LogP contribution in [0.25, 0.3) is 0 Å². The van der Waals surface area contributed by atoms with Crippen LogP contribution in [-0.4, -0.2) is 29.4 Å². The highest BCUT2D eigenvalue weighted by atomic mass is 32.1. The van der Waals surface area contributed by atoms with Crippen molar-refractivity contribution in [2.75, 3.05) is 13.2 Å². The Kier molecular flexibility index (Phi) is 7.10. The number of nitrogens with zero attached hydrogens (tertiary/aromatic N) is 1. The van der Waals surface area contributed by atoms with Crippen molar-refractivity contribution in [3.63, 3.8) is 0 Å². The molecule has 8 heteroatoms. The van der Waals surface area contributed by atoms with E-state index in [0.717, 1.165) is 33.2 Å². The maximum absolute atomic E-state index is 9.79. The summed E-state index contributed by atoms with van der Waals surface area (Å²) in [5, 5.41) is 21.7. The summed E-state index contributed by atoms with van der Waals surface area (Å²) in [4.78, 5) is 3.71. The number of nitrogens with two attached hydrogens (primary N) is 1. The number of aliphatic hydroxyl groups excluding tert-OH is 1. The molecule has 0 saturated carbocycles. The molecule has 2 heterocycles. The molecule has 0 aliphatic rings. The predicted octanol–water partition coefficient (Wildman–Crippen LogP) is 3.68. The topological polar surface area (TPSA) is 97.3 Å². The Bertz CT molecular complexity index is 722. The molecule has 4 N–H and O–H groups in total. The van der Waals surface area contributed by atoms with Crippen molar-refractivity contribution in [1.82, 2.24) is 0 Å². The molecule has 2 aromatic rings. The molecule has 2 aromatic heterocycles. The van der Waals surface area contributed by atoms with E-state index < -0.39 is 6.10 Å². The van der Waals surface area contributed by atoms with Crippen LogP contribution in [0.15, 0.2) is 17.3 Å². The van der Waals surface area contributed by atoms with E-state index in [1.807, 2.05) is 26.0 Å². The third-order valence-electron chi connectivity index (χ3n) is 3.44. The summed E-state index contributed by atoms with van der Waals surface area (Å²) in [6, 6.07) is 3.89. The van der Waals surface area contributed by atoms with Gasteiger partial charge in [-0.3, -0.25) is 0 Å². The standard InChI is InChI=1S/C17H24N2O4S2/c1-4-22-14-9-12(25-16(14)17(18)19-21)6-5-7-23-13-8-10(2)24-15(13)11(3)20/h8-9,11,20-21H,4-7H2,1-3H3,(H2,18,19). The zero-order valence-corrected chi connectivity index (χ0v) is 16.2. The average Bonchev–Trinajstić information content (AvgIpc) is 3.15. The third kappa shape index (κ3) is 5.10. The lowest BCUT2D eigenvalue weighted by molar-refractivity contribution is 0.195. The normalized spacial score (nSPS) is 13.0. The minimum Gasteiger partial charge on any atom is -0.492 e. The molecule has 6 nitrogen and oxygen atoms in total. The van der Waals surface area contributed by atoms with E-state index in [1.165, 1.54) is 11.3 Å². The van der Waals surface area contributed by atoms with E-state index in [9.17, 15) is 5.11 Å². The predicted molar refractivity (Wildman–Crippen MR) is 102 cm³/mol. The Labute approximate surface area is 155 Å². The summed E-state index contributed by atoms with van der Waals surface area (Å²) in [7, 11) is 0. The van der Waals surface area contributed by atoms with Gasteiger partial charge in [0, 0.05) is 9.75 Å². The van der Waals surface area contributed by atoms with E-state index in [0.29, 0.717) is 23.8 Å². The van der Waals surface area contributed by atoms with Crippen molar-refractivity contribution in [2.24, 2.45) is 10.9 Å². The van der Waals surface area contributed by atoms with Gasteiger partial charge in [-0.05, 0) is 45.7 Å². The Hall–Kier alpha value is -1.77. The van der Waals surface area contributed by atoms with Gasteiger partial charge in [-0.2, -0.15) is 0 Å². The number of rotatable bonds is 9. The average molecular weight is 385 g/mol. The van der Waals surface area contributed by atoms with Crippen LogP contribution in [0, 0.1) is 6.92 Å². The number of ether oxygens (including phenoxy) is 2. The lowest BCUT2D eigenvalue weighted by Gasteiger charge is -2.08. The molecule has 0 radical (unpaired) electrons. The SMILES string of the molecule is CCOc1cc(CCCOc2cc(C)sc2C(C)O)sc1/C(N)=N/O. The number of aliphatic hydroxyl groups is 1. The first-order valence-corrected chi connectivity index (χ1v) is 9.74. The fourth-order valence-corrected chi connectivity index (χ4v) is 4.31. The van der Waals surface area contributed by atoms with E-state index in [4.69, 9.17) is 20.4 Å². The molecular weight excluding hydrogens is 360 g/mol. The van der Waals surface area contributed by atoms with Gasteiger partial charge < -0.3 is 25.5 Å². The van der Waals surface area contributed by atoms with E-state index >= 15 is 0 Å². The lowest BCUT2D eigenvalue weighted by Crippen LogP contribution is -2.12. The second-order valence-corrected chi connectivity index (χ2v) is 7.96. The number of aryl methyl sites for hydroxylation is 2. The highest BCUT2D eigenvalue weighted by Crippen LogP contribution is 2.34. The Balaban J connectivity index is 1.94. The van der Waals surface area contributed by atoms with Crippen LogP contribution in [0.4, 0.5) is 0 Å². The van der Waals surface area contributed by atoms with Gasteiger partial charge >= 0.3 is 0 Å². The summed E-state index contributed by atoms with van der Waals surface area (Å²) >= 11 is 3.01. The molecule has 25 heavy (non-hydrogen) atoms. The first-order chi connectivity index (χ1) is 12.0. The number of oxime groups is 1. The first kappa shape index (κ1) is 19.6. The molecule has 1 atom stereocenters. The Morgan fingerprint density at radius 1 is 1.28 bits per heavy atom. The van der Waals surface area contributed by atoms with Gasteiger partial charge in [0.25, 0.3) is 0 Å². The smallest absolute Gasteiger partial charge is 0.184 e. The zero-order chi connectivity index (χ0) is 18.4. The Morgan fingerprint density at radius 3 is 2.68 bits per heavy atom. The van der Waals surface area contributed by atoms with Gasteiger partial charge in [0.05, 0.1) is 24.2 Å². The van der Waals surface area contributed by atoms with Gasteiger partial charge in [-0.25, -0.2) is 0 Å². The van der Waals surface area contributed by atoms with Crippen LogP contribution >= 0.6 is 22.7 Å². The summed E-state index contributed by atoms with van der Waals surface area (Å²) in [6.45, 7) is 6.71. The number of hydrogen-bond donors (Lipinski definition) is 3. The maximum Gasteiger partial charge on any atom is 0.184 e. The highest BCUT2D eigenvalue weighted by Gasteiger charge is 2.15. The van der Waals surface area contributed by atoms with Crippen LogP contribution < -0.4 is 15.2 Å². The molecule has 0 saturated heterocycles. The summed E-state index contributed by atoms with van der Waals surface area (Å²) < 4.78 is 11.4. The maximum atomic E-state index is 9.79. The zero-order valence-electron chi connectivity index (χ0n) is 14.6. The molecule has 0 amide bonds. The van der Waals surface area contributed by atoms with E-state index in [-0.39, 0.29) is 5.84 Å². The van der Waals surface area contributed by atoms with Gasteiger partial charge in [0.15, 0.2) is 5.84 Å². The number of amidine groups is 1. The van der Waals surface area contributed by atoms with Crippen LogP contribution in [-0.2, 0) is 6.42 Å². The largest absolute Gasteiger partial charge is 0.492 e. The quantitative estimate of drug-likeness (QED) is 0.201. The molecule has 138 valence electrons. The van der Waals surface area contributed by atoms with Crippen LogP contribution in [0.3, 0.4) is 0 Å². The molecule has 0 aromatic carbocycles. The van der Waals surface area contributed by atoms with Crippen LogP contribution in [0.5, 0.6) is 11.5 Å². The molecule has 0 aliphatic carbocycles. The second kappa shape index (κ2) is 9.07. The molecule has 2 rings (SSSR count). The fraction of sp³-hybridized carbons (Fsp3) is 0.471. The van der Waals surface area contributed by atoms with Crippen LogP contribution in [0.1, 0.15) is 45.9 Å². The van der Waals surface area contributed by atoms with Crippen LogP contribution in [0.2, 0.25) is 0 Å². The van der Waals surface area contributed by atoms with Crippen molar-refractivity contribution in [3.05, 3.63) is 31.6 Å². The molecule has 0 spiro atoms. The first-order valence-electron chi connectivity index (χ1n) is 8.10. The van der Waals surface area contributed by atoms with E-state index in [2.05, 4.69) is 5.16 Å². The minimum absolute atomic E-state index is 0.0614. The summed E-state index contributed by atoms with van der Waals surface area (Å²) in [5.41, 5.74) is 5.70. The number of thiophene rings is 2. The minimum atomic E-state index is -0.525. The Morgan fingerprint density at radius 2 is 2.04 bits per heavy atom. The van der Waals surface area contributed by atoms with Crippen molar-refractivity contribution in [3.8, 4) is 11.5 Å². The van der Waals surface area contributed by atoms with Gasteiger partial charge in [-0.15, -0.1) is 22.7 Å². The summed E-state index contributed by atoms with van der Waals surface area (Å²) in [6.07, 6.45) is 1.09. The van der Waals surface area contributed by atoms with Crippen molar-refractivity contribution in [1.29, 1.82) is 0 Å². The van der Waals surface area contributed by atoms with Gasteiger partial charge in [0.2, 0.25) is 0 Å². The highest BCUT2D eigenvalue weighted by molar-refractivity contribution is 7.14. The van der Waals surface area contributed by atoms with Crippen molar-refractivity contribution < 1.29 is 19.8 Å². The molecule has 0 bridgehead atoms. The van der Waals surface area contributed by atoms with Gasteiger partial charge in [0.1, 0.15) is 16.4 Å². The molecule has 0 aliphatic heterocycles.